The fourth-order valence-corrected chi connectivity index (χ4v) is 3.04. The Labute approximate surface area is 154 Å². The van der Waals surface area contributed by atoms with Crippen LogP contribution in [0.3, 0.4) is 0 Å². The summed E-state index contributed by atoms with van der Waals surface area (Å²) in [5, 5.41) is 11.7. The number of aromatic amines is 1. The van der Waals surface area contributed by atoms with E-state index in [1.54, 1.807) is 28.0 Å². The average molecular weight is 374 g/mol. The van der Waals surface area contributed by atoms with Crippen LogP contribution in [-0.4, -0.2) is 27.2 Å². The summed E-state index contributed by atoms with van der Waals surface area (Å²) in [6, 6.07) is 11.2. The second kappa shape index (κ2) is 8.09. The number of aromatic nitrogens is 3. The van der Waals surface area contributed by atoms with Crippen LogP contribution in [-0.2, 0) is 20.1 Å². The van der Waals surface area contributed by atoms with Gasteiger partial charge in [-0.15, -0.1) is 11.3 Å². The van der Waals surface area contributed by atoms with Gasteiger partial charge in [-0.1, -0.05) is 12.1 Å². The Morgan fingerprint density at radius 1 is 1.40 bits per heavy atom. The molecule has 2 heterocycles. The van der Waals surface area contributed by atoms with Gasteiger partial charge >= 0.3 is 0 Å². The Bertz CT molecular complexity index is 900. The van der Waals surface area contributed by atoms with Gasteiger partial charge in [0.15, 0.2) is 4.77 Å². The van der Waals surface area contributed by atoms with Crippen molar-refractivity contribution in [3.8, 4) is 5.75 Å². The minimum absolute atomic E-state index is 0.140. The van der Waals surface area contributed by atoms with E-state index in [1.807, 2.05) is 36.7 Å². The lowest BCUT2D eigenvalue weighted by atomic mass is 10.2. The van der Waals surface area contributed by atoms with Crippen LogP contribution in [0.15, 0.2) is 41.8 Å². The van der Waals surface area contributed by atoms with Crippen molar-refractivity contribution in [2.75, 3.05) is 6.54 Å². The lowest BCUT2D eigenvalue weighted by Crippen LogP contribution is -2.26. The van der Waals surface area contributed by atoms with Crippen LogP contribution in [0.1, 0.15) is 21.1 Å². The molecule has 0 atom stereocenters. The Kier molecular flexibility index (Phi) is 5.62. The topological polar surface area (TPSA) is 71.9 Å². The number of carbonyl (C=O) groups is 1. The fraction of sp³-hybridized carbons (Fsp3) is 0.235. The molecule has 3 rings (SSSR count). The number of H-pyrrole nitrogens is 1. The maximum atomic E-state index is 12.3. The number of ether oxygens (including phenoxy) is 1. The third-order valence-corrected chi connectivity index (χ3v) is 4.88. The lowest BCUT2D eigenvalue weighted by Gasteiger charge is -2.08. The maximum Gasteiger partial charge on any atom is 0.251 e. The number of thiophene rings is 1. The quantitative estimate of drug-likeness (QED) is 0.624. The van der Waals surface area contributed by atoms with E-state index in [0.29, 0.717) is 35.7 Å². The number of hydrogen-bond acceptors (Lipinski definition) is 5. The van der Waals surface area contributed by atoms with Gasteiger partial charge in [-0.25, -0.2) is 0 Å². The maximum absolute atomic E-state index is 12.3. The molecule has 2 aromatic heterocycles. The van der Waals surface area contributed by atoms with E-state index in [2.05, 4.69) is 15.5 Å². The van der Waals surface area contributed by atoms with Gasteiger partial charge in [-0.3, -0.25) is 9.89 Å². The smallest absolute Gasteiger partial charge is 0.251 e. The molecule has 0 fully saturated rings. The molecular weight excluding hydrogens is 356 g/mol. The molecule has 0 radical (unpaired) electrons. The molecular formula is C17H18N4O2S2. The monoisotopic (exact) mass is 374 g/mol. The second-order valence-electron chi connectivity index (χ2n) is 5.41. The van der Waals surface area contributed by atoms with Crippen LogP contribution in [0.25, 0.3) is 0 Å². The van der Waals surface area contributed by atoms with Crippen LogP contribution in [0.2, 0.25) is 0 Å². The molecule has 0 spiro atoms. The van der Waals surface area contributed by atoms with Gasteiger partial charge in [0.2, 0.25) is 0 Å². The average Bonchev–Trinajstić information content (AvgIpc) is 3.25. The zero-order valence-corrected chi connectivity index (χ0v) is 15.3. The number of nitrogens with zero attached hydrogens (tertiary/aromatic N) is 2. The van der Waals surface area contributed by atoms with Crippen LogP contribution in [0, 0.1) is 4.77 Å². The summed E-state index contributed by atoms with van der Waals surface area (Å²) in [6.45, 7) is 0.981. The molecule has 0 saturated heterocycles. The number of amides is 1. The van der Waals surface area contributed by atoms with Gasteiger partial charge in [0.05, 0.1) is 0 Å². The molecule has 6 nitrogen and oxygen atoms in total. The molecule has 25 heavy (non-hydrogen) atoms. The molecule has 0 aliphatic heterocycles. The molecule has 1 amide bonds. The normalized spacial score (nSPS) is 10.6. The van der Waals surface area contributed by atoms with Crippen molar-refractivity contribution in [3.05, 3.63) is 62.8 Å². The molecule has 0 aliphatic carbocycles. The van der Waals surface area contributed by atoms with Crippen molar-refractivity contribution >= 4 is 29.5 Å². The van der Waals surface area contributed by atoms with Crippen molar-refractivity contribution < 1.29 is 9.53 Å². The Morgan fingerprint density at radius 2 is 2.28 bits per heavy atom. The zero-order chi connectivity index (χ0) is 17.6. The zero-order valence-electron chi connectivity index (χ0n) is 13.7. The third kappa shape index (κ3) is 4.55. The van der Waals surface area contributed by atoms with Gasteiger partial charge in [0.25, 0.3) is 5.91 Å². The lowest BCUT2D eigenvalue weighted by molar-refractivity contribution is 0.0953. The van der Waals surface area contributed by atoms with Crippen molar-refractivity contribution in [1.82, 2.24) is 20.1 Å². The number of rotatable bonds is 7. The molecule has 3 aromatic rings. The van der Waals surface area contributed by atoms with Gasteiger partial charge < -0.3 is 14.6 Å². The van der Waals surface area contributed by atoms with E-state index in [-0.39, 0.29) is 5.91 Å². The van der Waals surface area contributed by atoms with Gasteiger partial charge in [0.1, 0.15) is 18.2 Å². The highest BCUT2D eigenvalue weighted by molar-refractivity contribution is 7.71. The standard InChI is InChI=1S/C17H18N4O2S2/c1-21-15(19-20-17(21)24)7-8-18-16(22)12-4-2-5-13(10-12)23-11-14-6-3-9-25-14/h2-6,9-10H,7-8,11H2,1H3,(H,18,22)(H,20,24). The Balaban J connectivity index is 1.53. The second-order valence-corrected chi connectivity index (χ2v) is 6.82. The molecule has 8 heteroatoms. The van der Waals surface area contributed by atoms with Gasteiger partial charge in [-0.05, 0) is 41.9 Å². The van der Waals surface area contributed by atoms with Crippen LogP contribution < -0.4 is 10.1 Å². The number of benzene rings is 1. The summed E-state index contributed by atoms with van der Waals surface area (Å²) in [5.41, 5.74) is 0.569. The molecule has 2 N–H and O–H groups in total. The van der Waals surface area contributed by atoms with Crippen molar-refractivity contribution in [3.63, 3.8) is 0 Å². The molecule has 0 bridgehead atoms. The Morgan fingerprint density at radius 3 is 3.00 bits per heavy atom. The first-order valence-electron chi connectivity index (χ1n) is 7.77. The summed E-state index contributed by atoms with van der Waals surface area (Å²) in [5.74, 6) is 1.34. The SMILES string of the molecule is Cn1c(CCNC(=O)c2cccc(OCc3cccs3)c2)n[nH]c1=S. The van der Waals surface area contributed by atoms with E-state index >= 15 is 0 Å². The first kappa shape index (κ1) is 17.4. The van der Waals surface area contributed by atoms with Crippen LogP contribution >= 0.6 is 23.6 Å². The molecule has 0 saturated carbocycles. The minimum atomic E-state index is -0.140. The number of nitrogens with one attached hydrogen (secondary N) is 2. The van der Waals surface area contributed by atoms with E-state index < -0.39 is 0 Å². The predicted molar refractivity (Wildman–Crippen MR) is 99.5 cm³/mol. The highest BCUT2D eigenvalue weighted by Gasteiger charge is 2.08. The fourth-order valence-electron chi connectivity index (χ4n) is 2.27. The largest absolute Gasteiger partial charge is 0.488 e. The number of carbonyl (C=O) groups excluding carboxylic acids is 1. The summed E-state index contributed by atoms with van der Waals surface area (Å²) in [7, 11) is 1.84. The van der Waals surface area contributed by atoms with Crippen molar-refractivity contribution in [1.29, 1.82) is 0 Å². The molecule has 0 unspecified atom stereocenters. The van der Waals surface area contributed by atoms with E-state index in [4.69, 9.17) is 17.0 Å². The van der Waals surface area contributed by atoms with Gasteiger partial charge in [-0.2, -0.15) is 5.10 Å². The van der Waals surface area contributed by atoms with Gasteiger partial charge in [0, 0.05) is 30.5 Å². The van der Waals surface area contributed by atoms with Crippen molar-refractivity contribution in [2.24, 2.45) is 7.05 Å². The van der Waals surface area contributed by atoms with E-state index in [1.165, 1.54) is 0 Å². The Hall–Kier alpha value is -2.45. The first-order valence-corrected chi connectivity index (χ1v) is 9.06. The number of hydrogen-bond donors (Lipinski definition) is 2. The highest BCUT2D eigenvalue weighted by Crippen LogP contribution is 2.17. The summed E-state index contributed by atoms with van der Waals surface area (Å²) in [4.78, 5) is 13.4. The van der Waals surface area contributed by atoms with Crippen LogP contribution in [0.5, 0.6) is 5.75 Å². The highest BCUT2D eigenvalue weighted by atomic mass is 32.1. The molecule has 130 valence electrons. The summed E-state index contributed by atoms with van der Waals surface area (Å²) in [6.07, 6.45) is 0.601. The summed E-state index contributed by atoms with van der Waals surface area (Å²) >= 11 is 6.71. The predicted octanol–water partition coefficient (Wildman–Crippen LogP) is 3.09. The van der Waals surface area contributed by atoms with E-state index in [0.717, 1.165) is 10.7 Å². The third-order valence-electron chi connectivity index (χ3n) is 3.66. The van der Waals surface area contributed by atoms with Crippen molar-refractivity contribution in [2.45, 2.75) is 13.0 Å². The first-order chi connectivity index (χ1) is 12.1. The summed E-state index contributed by atoms with van der Waals surface area (Å²) < 4.78 is 8.09. The molecule has 1 aromatic carbocycles. The molecule has 0 aliphatic rings. The minimum Gasteiger partial charge on any atom is -0.488 e. The van der Waals surface area contributed by atoms with E-state index in [9.17, 15) is 4.79 Å². The van der Waals surface area contributed by atoms with Crippen LogP contribution in [0.4, 0.5) is 0 Å².